The molecule has 0 saturated carbocycles. The summed E-state index contributed by atoms with van der Waals surface area (Å²) in [4.78, 5) is 1.32. The van der Waals surface area contributed by atoms with Gasteiger partial charge in [-0.05, 0) is 120 Å². The molecule has 0 N–H and O–H groups in total. The van der Waals surface area contributed by atoms with Gasteiger partial charge in [0, 0.05) is 37.9 Å². The SMILES string of the molecule is C1=CC2=C(C3C=Cc4ccccc4C3)c3cc(-c4sc5c(-c6ccccc6)c(-c6ccccc6)c6ccccc6c5c4-c4ccccc4)ccc3[C@H](c3ccc4ccccc4c3)C2CC1. The second kappa shape index (κ2) is 15.7. The van der Waals surface area contributed by atoms with Crippen molar-refractivity contribution in [1.29, 1.82) is 0 Å². The number of benzene rings is 9. The third kappa shape index (κ3) is 6.33. The molecule has 0 aliphatic heterocycles. The van der Waals surface area contributed by atoms with Crippen molar-refractivity contribution < 1.29 is 0 Å². The standard InChI is InChI=1S/C64H46S/c1-4-20-43(21-5-1)59-53-30-16-17-31-54(53)62-61(45-24-8-3-9-25-45)63(65-64(62)60(59)44-22-6-2-7-23-44)50-36-37-55-56(40-50)58(49-35-33-42-19-11-13-27-47(42)39-49)52-29-15-14-28-51(52)57(55)48-34-32-41-18-10-12-26-46(41)38-48/h1-13,15-27,29-38,40,49,51,57H,14,28,39H2/t49?,51?,57-/m1/s1. The lowest BCUT2D eigenvalue weighted by atomic mass is 9.63. The number of rotatable bonds is 6. The molecule has 308 valence electrons. The zero-order chi connectivity index (χ0) is 42.8. The van der Waals surface area contributed by atoms with Gasteiger partial charge in [-0.3, -0.25) is 0 Å². The highest BCUT2D eigenvalue weighted by Crippen LogP contribution is 2.57. The van der Waals surface area contributed by atoms with Crippen LogP contribution in [0, 0.1) is 11.8 Å². The molecule has 1 aromatic heterocycles. The average Bonchev–Trinajstić information content (AvgIpc) is 3.79. The molecule has 1 heteroatoms. The fraction of sp³-hybridized carbons (Fsp3) is 0.0938. The molecule has 0 spiro atoms. The van der Waals surface area contributed by atoms with Crippen molar-refractivity contribution in [2.45, 2.75) is 25.2 Å². The lowest BCUT2D eigenvalue weighted by molar-refractivity contribution is 0.491. The van der Waals surface area contributed by atoms with E-state index in [9.17, 15) is 0 Å². The second-order valence-electron chi connectivity index (χ2n) is 18.1. The van der Waals surface area contributed by atoms with Gasteiger partial charge in [0.25, 0.3) is 0 Å². The molecule has 13 rings (SSSR count). The largest absolute Gasteiger partial charge is 0.134 e. The molecule has 9 aromatic carbocycles. The summed E-state index contributed by atoms with van der Waals surface area (Å²) in [6.45, 7) is 0. The fourth-order valence-corrected chi connectivity index (χ4v) is 13.1. The molecule has 0 saturated heterocycles. The molecular formula is C64H46S. The Kier molecular flexibility index (Phi) is 9.24. The molecule has 0 bridgehead atoms. The van der Waals surface area contributed by atoms with Crippen molar-refractivity contribution in [3.63, 3.8) is 0 Å². The van der Waals surface area contributed by atoms with E-state index in [1.807, 2.05) is 11.3 Å². The first-order valence-corrected chi connectivity index (χ1v) is 24.1. The van der Waals surface area contributed by atoms with E-state index >= 15 is 0 Å². The topological polar surface area (TPSA) is 0 Å². The molecule has 10 aromatic rings. The predicted octanol–water partition coefficient (Wildman–Crippen LogP) is 17.6. The Labute approximate surface area is 385 Å². The number of thiophene rings is 1. The van der Waals surface area contributed by atoms with E-state index in [4.69, 9.17) is 0 Å². The maximum absolute atomic E-state index is 2.61. The van der Waals surface area contributed by atoms with Crippen LogP contribution in [0.4, 0.5) is 0 Å². The van der Waals surface area contributed by atoms with Gasteiger partial charge < -0.3 is 0 Å². The number of fused-ring (bicyclic) bond motifs is 7. The first kappa shape index (κ1) is 38.2. The van der Waals surface area contributed by atoms with E-state index < -0.39 is 0 Å². The minimum Gasteiger partial charge on any atom is -0.134 e. The number of allylic oxidation sites excluding steroid dienone is 5. The van der Waals surface area contributed by atoms with Crippen LogP contribution in [0.15, 0.2) is 224 Å². The van der Waals surface area contributed by atoms with Crippen molar-refractivity contribution in [3.05, 3.63) is 252 Å². The number of hydrogen-bond acceptors (Lipinski definition) is 1. The van der Waals surface area contributed by atoms with Crippen LogP contribution in [-0.4, -0.2) is 0 Å². The Morgan fingerprint density at radius 1 is 0.492 bits per heavy atom. The van der Waals surface area contributed by atoms with Gasteiger partial charge in [0.05, 0.1) is 0 Å². The van der Waals surface area contributed by atoms with Crippen molar-refractivity contribution >= 4 is 54.6 Å². The highest BCUT2D eigenvalue weighted by Gasteiger charge is 2.39. The van der Waals surface area contributed by atoms with Crippen LogP contribution in [0.25, 0.3) is 87.1 Å². The summed E-state index contributed by atoms with van der Waals surface area (Å²) >= 11 is 1.97. The molecule has 2 unspecified atom stereocenters. The summed E-state index contributed by atoms with van der Waals surface area (Å²) < 4.78 is 1.33. The zero-order valence-corrected chi connectivity index (χ0v) is 36.9. The van der Waals surface area contributed by atoms with Crippen molar-refractivity contribution in [2.75, 3.05) is 0 Å². The van der Waals surface area contributed by atoms with Gasteiger partial charge in [0.15, 0.2) is 0 Å². The zero-order valence-electron chi connectivity index (χ0n) is 36.1. The fourth-order valence-electron chi connectivity index (χ4n) is 11.7. The third-order valence-electron chi connectivity index (χ3n) is 14.5. The maximum Gasteiger partial charge on any atom is 0.0446 e. The summed E-state index contributed by atoms with van der Waals surface area (Å²) in [5.74, 6) is 0.931. The molecule has 1 heterocycles. The van der Waals surface area contributed by atoms with Gasteiger partial charge in [-0.2, -0.15) is 0 Å². The van der Waals surface area contributed by atoms with Gasteiger partial charge in [-0.25, -0.2) is 0 Å². The van der Waals surface area contributed by atoms with Crippen LogP contribution in [0.3, 0.4) is 0 Å². The summed E-state index contributed by atoms with van der Waals surface area (Å²) in [5.41, 5.74) is 19.0. The van der Waals surface area contributed by atoms with Crippen LogP contribution in [0.2, 0.25) is 0 Å². The summed E-state index contributed by atoms with van der Waals surface area (Å²) in [6, 6.07) is 75.2. The molecule has 3 aliphatic carbocycles. The van der Waals surface area contributed by atoms with Gasteiger partial charge in [-0.1, -0.05) is 218 Å². The van der Waals surface area contributed by atoms with Crippen LogP contribution < -0.4 is 0 Å². The monoisotopic (exact) mass is 846 g/mol. The third-order valence-corrected chi connectivity index (χ3v) is 15.8. The molecule has 3 atom stereocenters. The highest BCUT2D eigenvalue weighted by atomic mass is 32.1. The minimum absolute atomic E-state index is 0.255. The molecular weight excluding hydrogens is 801 g/mol. The molecule has 0 radical (unpaired) electrons. The van der Waals surface area contributed by atoms with Gasteiger partial charge >= 0.3 is 0 Å². The van der Waals surface area contributed by atoms with Gasteiger partial charge in [0.2, 0.25) is 0 Å². The highest BCUT2D eigenvalue weighted by molar-refractivity contribution is 7.24. The molecule has 0 fully saturated rings. The predicted molar refractivity (Wildman–Crippen MR) is 278 cm³/mol. The summed E-state index contributed by atoms with van der Waals surface area (Å²) in [7, 11) is 0. The maximum atomic E-state index is 2.61. The first-order valence-electron chi connectivity index (χ1n) is 23.2. The van der Waals surface area contributed by atoms with E-state index in [2.05, 4.69) is 224 Å². The van der Waals surface area contributed by atoms with Crippen LogP contribution in [0.5, 0.6) is 0 Å². The Morgan fingerprint density at radius 3 is 1.94 bits per heavy atom. The second-order valence-corrected chi connectivity index (χ2v) is 19.1. The first-order chi connectivity index (χ1) is 32.3. The Morgan fingerprint density at radius 2 is 1.15 bits per heavy atom. The van der Waals surface area contributed by atoms with Crippen molar-refractivity contribution in [3.8, 4) is 43.8 Å². The van der Waals surface area contributed by atoms with E-state index in [0.29, 0.717) is 5.92 Å². The summed E-state index contributed by atoms with van der Waals surface area (Å²) in [5, 5.41) is 6.51. The van der Waals surface area contributed by atoms with Crippen LogP contribution in [-0.2, 0) is 6.42 Å². The van der Waals surface area contributed by atoms with Crippen molar-refractivity contribution in [1.82, 2.24) is 0 Å². The van der Waals surface area contributed by atoms with Gasteiger partial charge in [0.1, 0.15) is 0 Å². The Bertz CT molecular complexity index is 3570. The van der Waals surface area contributed by atoms with Gasteiger partial charge in [-0.15, -0.1) is 11.3 Å². The smallest absolute Gasteiger partial charge is 0.0446 e. The normalized spacial score (nSPS) is 17.6. The van der Waals surface area contributed by atoms with E-state index in [-0.39, 0.29) is 11.8 Å². The molecule has 0 nitrogen and oxygen atoms in total. The molecule has 3 aliphatic rings. The van der Waals surface area contributed by atoms with E-state index in [0.717, 1.165) is 19.3 Å². The van der Waals surface area contributed by atoms with E-state index in [1.54, 1.807) is 0 Å². The lowest BCUT2D eigenvalue weighted by Crippen LogP contribution is -2.27. The van der Waals surface area contributed by atoms with E-state index in [1.165, 1.54) is 114 Å². The molecule has 0 amide bonds. The Balaban J connectivity index is 1.12. The summed E-state index contributed by atoms with van der Waals surface area (Å²) in [6.07, 6.45) is 13.1. The Hall–Kier alpha value is -7.32. The minimum atomic E-state index is 0.255. The lowest BCUT2D eigenvalue weighted by Gasteiger charge is -2.41. The van der Waals surface area contributed by atoms with Crippen LogP contribution in [0.1, 0.15) is 46.6 Å². The molecule has 65 heavy (non-hydrogen) atoms. The quantitative estimate of drug-likeness (QED) is 0.156. The number of hydrogen-bond donors (Lipinski definition) is 0. The average molecular weight is 847 g/mol. The van der Waals surface area contributed by atoms with Crippen LogP contribution >= 0.6 is 11.3 Å². The van der Waals surface area contributed by atoms with Crippen molar-refractivity contribution in [2.24, 2.45) is 11.8 Å².